The topological polar surface area (TPSA) is 60.5 Å². The summed E-state index contributed by atoms with van der Waals surface area (Å²) in [6, 6.07) is 11.2. The number of carbonyl (C=O) groups excluding carboxylic acids is 1. The fraction of sp³-hybridized carbons (Fsp3) is 0.294. The molecular weight excluding hydrogens is 280 g/mol. The van der Waals surface area contributed by atoms with E-state index in [4.69, 9.17) is 9.47 Å². The Bertz CT molecular complexity index is 625. The van der Waals surface area contributed by atoms with Gasteiger partial charge < -0.3 is 14.8 Å². The zero-order valence-corrected chi connectivity index (χ0v) is 12.2. The van der Waals surface area contributed by atoms with Crippen LogP contribution >= 0.6 is 0 Å². The minimum Gasteiger partial charge on any atom is -0.455 e. The maximum Gasteiger partial charge on any atom is 0.227 e. The molecule has 114 valence electrons. The highest BCUT2D eigenvalue weighted by atomic mass is 16.5. The number of hydrogen-bond acceptors (Lipinski definition) is 4. The highest BCUT2D eigenvalue weighted by molar-refractivity contribution is 5.92. The molecule has 1 fully saturated rings. The number of para-hydroxylation sites is 1. The lowest BCUT2D eigenvalue weighted by atomic mass is 10.2. The lowest BCUT2D eigenvalue weighted by Gasteiger charge is -2.13. The molecule has 22 heavy (non-hydrogen) atoms. The van der Waals surface area contributed by atoms with Crippen molar-refractivity contribution in [3.8, 4) is 11.5 Å². The number of anilines is 1. The maximum absolute atomic E-state index is 12.1. The first kappa shape index (κ1) is 14.5. The van der Waals surface area contributed by atoms with Gasteiger partial charge in [-0.3, -0.25) is 9.78 Å². The summed E-state index contributed by atoms with van der Waals surface area (Å²) in [6.45, 7) is 0.743. The standard InChI is InChI=1S/C17H18N2O3/c20-17(11-14-7-4-10-21-14)19-15-12-18-9-8-16(15)22-13-5-2-1-3-6-13/h1-3,5-6,8-9,12,14H,4,7,10-11H2,(H,19,20). The van der Waals surface area contributed by atoms with Gasteiger partial charge in [-0.05, 0) is 25.0 Å². The predicted octanol–water partition coefficient (Wildman–Crippen LogP) is 3.38. The van der Waals surface area contributed by atoms with Crippen LogP contribution in [-0.2, 0) is 9.53 Å². The molecule has 1 saturated heterocycles. The van der Waals surface area contributed by atoms with Gasteiger partial charge in [0.2, 0.25) is 5.91 Å². The van der Waals surface area contributed by atoms with Crippen LogP contribution in [0, 0.1) is 0 Å². The zero-order chi connectivity index (χ0) is 15.2. The monoisotopic (exact) mass is 298 g/mol. The van der Waals surface area contributed by atoms with Crippen LogP contribution in [0.5, 0.6) is 11.5 Å². The summed E-state index contributed by atoms with van der Waals surface area (Å²) in [5, 5.41) is 2.85. The van der Waals surface area contributed by atoms with Crippen LogP contribution in [0.1, 0.15) is 19.3 Å². The van der Waals surface area contributed by atoms with Gasteiger partial charge in [0, 0.05) is 18.9 Å². The van der Waals surface area contributed by atoms with Crippen molar-refractivity contribution >= 4 is 11.6 Å². The largest absolute Gasteiger partial charge is 0.455 e. The molecule has 2 heterocycles. The van der Waals surface area contributed by atoms with E-state index in [1.165, 1.54) is 0 Å². The van der Waals surface area contributed by atoms with Crippen molar-refractivity contribution in [2.24, 2.45) is 0 Å². The average Bonchev–Trinajstić information content (AvgIpc) is 3.03. The fourth-order valence-corrected chi connectivity index (χ4v) is 2.39. The molecule has 1 aromatic carbocycles. The number of pyridine rings is 1. The molecule has 5 nitrogen and oxygen atoms in total. The molecule has 3 rings (SSSR count). The molecule has 1 amide bonds. The third-order valence-electron chi connectivity index (χ3n) is 3.46. The fourth-order valence-electron chi connectivity index (χ4n) is 2.39. The summed E-state index contributed by atoms with van der Waals surface area (Å²) in [4.78, 5) is 16.1. The molecule has 1 aliphatic rings. The number of aromatic nitrogens is 1. The van der Waals surface area contributed by atoms with Gasteiger partial charge in [-0.15, -0.1) is 0 Å². The van der Waals surface area contributed by atoms with Gasteiger partial charge in [-0.1, -0.05) is 18.2 Å². The molecule has 1 atom stereocenters. The molecule has 1 unspecified atom stereocenters. The van der Waals surface area contributed by atoms with Crippen LogP contribution in [-0.4, -0.2) is 23.6 Å². The number of hydrogen-bond donors (Lipinski definition) is 1. The molecule has 1 aromatic heterocycles. The van der Waals surface area contributed by atoms with E-state index < -0.39 is 0 Å². The van der Waals surface area contributed by atoms with Gasteiger partial charge in [-0.2, -0.15) is 0 Å². The Morgan fingerprint density at radius 3 is 2.95 bits per heavy atom. The van der Waals surface area contributed by atoms with E-state index in [0.717, 1.165) is 19.4 Å². The number of nitrogens with one attached hydrogen (secondary N) is 1. The Hall–Kier alpha value is -2.40. The molecular formula is C17H18N2O3. The Morgan fingerprint density at radius 1 is 1.32 bits per heavy atom. The first-order chi connectivity index (χ1) is 10.8. The van der Waals surface area contributed by atoms with Crippen molar-refractivity contribution in [3.05, 3.63) is 48.8 Å². The molecule has 0 bridgehead atoms. The molecule has 1 N–H and O–H groups in total. The zero-order valence-electron chi connectivity index (χ0n) is 12.2. The van der Waals surface area contributed by atoms with E-state index in [-0.39, 0.29) is 12.0 Å². The number of carbonyl (C=O) groups is 1. The summed E-state index contributed by atoms with van der Waals surface area (Å²) >= 11 is 0. The predicted molar refractivity (Wildman–Crippen MR) is 83.0 cm³/mol. The lowest BCUT2D eigenvalue weighted by molar-refractivity contribution is -0.118. The van der Waals surface area contributed by atoms with Gasteiger partial charge in [0.15, 0.2) is 5.75 Å². The van der Waals surface area contributed by atoms with E-state index in [0.29, 0.717) is 23.6 Å². The van der Waals surface area contributed by atoms with Crippen molar-refractivity contribution in [3.63, 3.8) is 0 Å². The van der Waals surface area contributed by atoms with Crippen molar-refractivity contribution < 1.29 is 14.3 Å². The number of amides is 1. The highest BCUT2D eigenvalue weighted by Crippen LogP contribution is 2.28. The molecule has 0 saturated carbocycles. The number of ether oxygens (including phenoxy) is 2. The summed E-state index contributed by atoms with van der Waals surface area (Å²) < 4.78 is 11.3. The normalized spacial score (nSPS) is 17.2. The summed E-state index contributed by atoms with van der Waals surface area (Å²) in [7, 11) is 0. The van der Waals surface area contributed by atoms with E-state index in [1.807, 2.05) is 30.3 Å². The van der Waals surface area contributed by atoms with E-state index >= 15 is 0 Å². The average molecular weight is 298 g/mol. The van der Waals surface area contributed by atoms with Crippen LogP contribution in [0.2, 0.25) is 0 Å². The van der Waals surface area contributed by atoms with Gasteiger partial charge in [0.25, 0.3) is 0 Å². The van der Waals surface area contributed by atoms with E-state index in [2.05, 4.69) is 10.3 Å². The Kier molecular flexibility index (Phi) is 4.65. The summed E-state index contributed by atoms with van der Waals surface area (Å²) in [6.07, 6.45) is 5.57. The molecule has 0 spiro atoms. The smallest absolute Gasteiger partial charge is 0.227 e. The third kappa shape index (κ3) is 3.83. The molecule has 0 radical (unpaired) electrons. The van der Waals surface area contributed by atoms with Crippen molar-refractivity contribution in [2.75, 3.05) is 11.9 Å². The third-order valence-corrected chi connectivity index (χ3v) is 3.46. The van der Waals surface area contributed by atoms with Gasteiger partial charge in [0.1, 0.15) is 11.4 Å². The minimum absolute atomic E-state index is 0.0233. The molecule has 2 aromatic rings. The van der Waals surface area contributed by atoms with Crippen LogP contribution in [0.3, 0.4) is 0 Å². The van der Waals surface area contributed by atoms with Crippen molar-refractivity contribution in [1.82, 2.24) is 4.98 Å². The van der Waals surface area contributed by atoms with Crippen molar-refractivity contribution in [2.45, 2.75) is 25.4 Å². The minimum atomic E-state index is -0.0854. The van der Waals surface area contributed by atoms with Crippen LogP contribution in [0.25, 0.3) is 0 Å². The first-order valence-electron chi connectivity index (χ1n) is 7.39. The number of benzene rings is 1. The second-order valence-electron chi connectivity index (χ2n) is 5.17. The summed E-state index contributed by atoms with van der Waals surface area (Å²) in [5.41, 5.74) is 0.564. The number of rotatable bonds is 5. The van der Waals surface area contributed by atoms with Crippen LogP contribution in [0.4, 0.5) is 5.69 Å². The van der Waals surface area contributed by atoms with Crippen LogP contribution in [0.15, 0.2) is 48.8 Å². The molecule has 5 heteroatoms. The highest BCUT2D eigenvalue weighted by Gasteiger charge is 2.19. The second-order valence-corrected chi connectivity index (χ2v) is 5.17. The Labute approximate surface area is 129 Å². The van der Waals surface area contributed by atoms with Gasteiger partial charge in [-0.25, -0.2) is 0 Å². The number of nitrogens with zero attached hydrogens (tertiary/aromatic N) is 1. The second kappa shape index (κ2) is 7.04. The van der Waals surface area contributed by atoms with Gasteiger partial charge in [0.05, 0.1) is 18.7 Å². The maximum atomic E-state index is 12.1. The Balaban J connectivity index is 1.66. The quantitative estimate of drug-likeness (QED) is 0.919. The first-order valence-corrected chi connectivity index (χ1v) is 7.39. The SMILES string of the molecule is O=C(CC1CCCO1)Nc1cnccc1Oc1ccccc1. The van der Waals surface area contributed by atoms with E-state index in [1.54, 1.807) is 18.5 Å². The molecule has 1 aliphatic heterocycles. The Morgan fingerprint density at radius 2 is 2.18 bits per heavy atom. The lowest BCUT2D eigenvalue weighted by Crippen LogP contribution is -2.19. The van der Waals surface area contributed by atoms with E-state index in [9.17, 15) is 4.79 Å². The van der Waals surface area contributed by atoms with Crippen molar-refractivity contribution in [1.29, 1.82) is 0 Å². The molecule has 0 aliphatic carbocycles. The van der Waals surface area contributed by atoms with Crippen LogP contribution < -0.4 is 10.1 Å². The van der Waals surface area contributed by atoms with Gasteiger partial charge >= 0.3 is 0 Å². The summed E-state index contributed by atoms with van der Waals surface area (Å²) in [5.74, 6) is 1.20.